The average Bonchev–Trinajstić information content (AvgIpc) is 3.10. The summed E-state index contributed by atoms with van der Waals surface area (Å²) in [4.78, 5) is 20.4. The maximum Gasteiger partial charge on any atom is 0.276 e. The number of imidazole rings is 1. The molecule has 6 nitrogen and oxygen atoms in total. The van der Waals surface area contributed by atoms with Gasteiger partial charge in [-0.25, -0.2) is 13.9 Å². The first-order valence-corrected chi connectivity index (χ1v) is 8.32. The van der Waals surface area contributed by atoms with Crippen molar-refractivity contribution in [2.45, 2.75) is 6.92 Å². The van der Waals surface area contributed by atoms with Crippen LogP contribution in [0.2, 0.25) is 5.02 Å². The molecule has 0 aliphatic rings. The normalized spacial score (nSPS) is 11.9. The molecule has 3 aromatic rings. The summed E-state index contributed by atoms with van der Waals surface area (Å²) >= 11 is 5.85. The third kappa shape index (κ3) is 3.78. The highest BCUT2D eigenvalue weighted by Crippen LogP contribution is 2.26. The third-order valence-corrected chi connectivity index (χ3v) is 4.04. The van der Waals surface area contributed by atoms with E-state index in [1.165, 1.54) is 23.0 Å². The summed E-state index contributed by atoms with van der Waals surface area (Å²) in [5, 5.41) is 7.08. The van der Waals surface area contributed by atoms with E-state index in [0.717, 1.165) is 0 Å². The first-order chi connectivity index (χ1) is 13.0. The van der Waals surface area contributed by atoms with Crippen LogP contribution in [0.5, 0.6) is 0 Å². The van der Waals surface area contributed by atoms with Gasteiger partial charge in [0, 0.05) is 17.5 Å². The number of fused-ring (bicyclic) bond motifs is 1. The molecule has 0 aliphatic carbocycles. The molecule has 0 radical (unpaired) electrons. The lowest BCUT2D eigenvalue weighted by Crippen LogP contribution is -2.23. The fourth-order valence-electron chi connectivity index (χ4n) is 2.41. The second-order valence-electron chi connectivity index (χ2n) is 5.43. The topological polar surface area (TPSA) is 71.7 Å². The van der Waals surface area contributed by atoms with E-state index in [-0.39, 0.29) is 16.3 Å². The number of nitrogens with zero attached hydrogens (tertiary/aromatic N) is 4. The van der Waals surface area contributed by atoms with Crippen LogP contribution in [0.4, 0.5) is 4.39 Å². The van der Waals surface area contributed by atoms with Crippen LogP contribution in [-0.2, 0) is 0 Å². The number of amides is 1. The van der Waals surface area contributed by atoms with Gasteiger partial charge < -0.3 is 5.32 Å². The van der Waals surface area contributed by atoms with Crippen molar-refractivity contribution in [3.8, 4) is 11.3 Å². The Morgan fingerprint density at radius 1 is 1.37 bits per heavy atom. The van der Waals surface area contributed by atoms with E-state index in [2.05, 4.69) is 27.1 Å². The predicted octanol–water partition coefficient (Wildman–Crippen LogP) is 4.04. The largest absolute Gasteiger partial charge is 0.321 e. The number of carbonyl (C=O) groups is 1. The number of hydrogen-bond donors (Lipinski definition) is 1. The Kier molecular flexibility index (Phi) is 5.42. The molecule has 1 N–H and O–H groups in total. The van der Waals surface area contributed by atoms with E-state index in [1.54, 1.807) is 43.3 Å². The van der Waals surface area contributed by atoms with Gasteiger partial charge in [-0.1, -0.05) is 23.7 Å². The van der Waals surface area contributed by atoms with Crippen molar-refractivity contribution in [3.05, 3.63) is 77.1 Å². The maximum atomic E-state index is 14.3. The molecule has 2 heterocycles. The zero-order chi connectivity index (χ0) is 19.4. The highest BCUT2D eigenvalue weighted by molar-refractivity contribution is 6.31. The Labute approximate surface area is 159 Å². The zero-order valence-corrected chi connectivity index (χ0v) is 15.1. The predicted molar refractivity (Wildman–Crippen MR) is 103 cm³/mol. The summed E-state index contributed by atoms with van der Waals surface area (Å²) in [6, 6.07) is 7.93. The Balaban J connectivity index is 2.00. The molecule has 0 aliphatic heterocycles. The smallest absolute Gasteiger partial charge is 0.276 e. The van der Waals surface area contributed by atoms with E-state index < -0.39 is 11.7 Å². The van der Waals surface area contributed by atoms with E-state index in [9.17, 15) is 9.18 Å². The van der Waals surface area contributed by atoms with Gasteiger partial charge >= 0.3 is 0 Å². The van der Waals surface area contributed by atoms with Crippen LogP contribution < -0.4 is 5.32 Å². The van der Waals surface area contributed by atoms with Crippen LogP contribution in [0.15, 0.2) is 65.6 Å². The molecule has 0 saturated carbocycles. The van der Waals surface area contributed by atoms with E-state index in [1.807, 2.05) is 0 Å². The summed E-state index contributed by atoms with van der Waals surface area (Å²) in [7, 11) is 0. The van der Waals surface area contributed by atoms with Gasteiger partial charge in [0.05, 0.1) is 16.9 Å². The van der Waals surface area contributed by atoms with Crippen LogP contribution in [0.25, 0.3) is 16.9 Å². The highest BCUT2D eigenvalue weighted by Gasteiger charge is 2.16. The standard InChI is InChI=1S/C19H15ClFN5O/c1-3-12(9-10-22-2)24-19(27)16-11-23-17-8-7-15(25-26(16)17)13-5-4-6-14(20)18(13)21/h3-11H,2H2,1H3,(H,24,27). The lowest BCUT2D eigenvalue weighted by atomic mass is 10.1. The van der Waals surface area contributed by atoms with Crippen molar-refractivity contribution in [1.29, 1.82) is 0 Å². The number of benzene rings is 1. The zero-order valence-electron chi connectivity index (χ0n) is 14.4. The van der Waals surface area contributed by atoms with Gasteiger partial charge in [-0.05, 0) is 44.0 Å². The summed E-state index contributed by atoms with van der Waals surface area (Å²) in [6.07, 6.45) is 6.18. The molecular weight excluding hydrogens is 369 g/mol. The molecule has 0 bridgehead atoms. The maximum absolute atomic E-state index is 14.3. The van der Waals surface area contributed by atoms with Gasteiger partial charge in [-0.3, -0.25) is 9.79 Å². The number of aromatic nitrogens is 3. The third-order valence-electron chi connectivity index (χ3n) is 3.75. The molecule has 3 rings (SSSR count). The van der Waals surface area contributed by atoms with Gasteiger partial charge in [0.1, 0.15) is 0 Å². The van der Waals surface area contributed by atoms with Crippen LogP contribution in [0, 0.1) is 5.82 Å². The number of allylic oxidation sites excluding steroid dienone is 2. The van der Waals surface area contributed by atoms with Crippen molar-refractivity contribution in [3.63, 3.8) is 0 Å². The quantitative estimate of drug-likeness (QED) is 0.534. The second kappa shape index (κ2) is 7.92. The Morgan fingerprint density at radius 2 is 2.19 bits per heavy atom. The Morgan fingerprint density at radius 3 is 2.93 bits per heavy atom. The number of hydrogen-bond acceptors (Lipinski definition) is 4. The minimum Gasteiger partial charge on any atom is -0.321 e. The van der Waals surface area contributed by atoms with Crippen LogP contribution in [0.3, 0.4) is 0 Å². The minimum atomic E-state index is -0.574. The molecule has 0 spiro atoms. The van der Waals surface area contributed by atoms with Gasteiger partial charge in [0.15, 0.2) is 17.2 Å². The highest BCUT2D eigenvalue weighted by atomic mass is 35.5. The summed E-state index contributed by atoms with van der Waals surface area (Å²) in [6.45, 7) is 5.12. The van der Waals surface area contributed by atoms with Crippen molar-refractivity contribution < 1.29 is 9.18 Å². The summed E-state index contributed by atoms with van der Waals surface area (Å²) in [5.74, 6) is -0.990. The molecule has 8 heteroatoms. The van der Waals surface area contributed by atoms with Crippen LogP contribution >= 0.6 is 11.6 Å². The fourth-order valence-corrected chi connectivity index (χ4v) is 2.59. The molecule has 1 aromatic carbocycles. The van der Waals surface area contributed by atoms with E-state index in [0.29, 0.717) is 17.0 Å². The van der Waals surface area contributed by atoms with Crippen LogP contribution in [0.1, 0.15) is 17.4 Å². The molecule has 27 heavy (non-hydrogen) atoms. The fraction of sp³-hybridized carbons (Fsp3) is 0.0526. The number of nitrogens with one attached hydrogen (secondary N) is 1. The lowest BCUT2D eigenvalue weighted by Gasteiger charge is -2.07. The van der Waals surface area contributed by atoms with Gasteiger partial charge in [-0.15, -0.1) is 0 Å². The monoisotopic (exact) mass is 383 g/mol. The first-order valence-electron chi connectivity index (χ1n) is 7.94. The minimum absolute atomic E-state index is 0.00154. The Hall–Kier alpha value is -3.32. The van der Waals surface area contributed by atoms with Gasteiger partial charge in [0.2, 0.25) is 0 Å². The molecule has 1 amide bonds. The van der Waals surface area contributed by atoms with Crippen LogP contribution in [-0.4, -0.2) is 27.2 Å². The Bertz CT molecular complexity index is 1090. The van der Waals surface area contributed by atoms with Gasteiger partial charge in [-0.2, -0.15) is 5.10 Å². The molecule has 0 unspecified atom stereocenters. The molecule has 2 aromatic heterocycles. The first kappa shape index (κ1) is 18.5. The average molecular weight is 384 g/mol. The van der Waals surface area contributed by atoms with Crippen molar-refractivity contribution in [2.24, 2.45) is 4.99 Å². The van der Waals surface area contributed by atoms with Gasteiger partial charge in [0.25, 0.3) is 5.91 Å². The molecule has 0 saturated heterocycles. The summed E-state index contributed by atoms with van der Waals surface area (Å²) < 4.78 is 15.7. The molecular formula is C19H15ClFN5O. The number of carbonyl (C=O) groups excluding carboxylic acids is 1. The van der Waals surface area contributed by atoms with E-state index >= 15 is 0 Å². The summed E-state index contributed by atoms with van der Waals surface area (Å²) in [5.41, 5.74) is 1.76. The number of aliphatic imine (C=N–C) groups is 1. The molecule has 136 valence electrons. The SMILES string of the molecule is C=NC=CC(=CC)NC(=O)c1cnc2ccc(-c3cccc(Cl)c3F)nn12. The van der Waals surface area contributed by atoms with Crippen molar-refractivity contribution in [1.82, 2.24) is 19.9 Å². The molecule has 0 fully saturated rings. The van der Waals surface area contributed by atoms with Crippen molar-refractivity contribution >= 4 is 29.9 Å². The van der Waals surface area contributed by atoms with Crippen molar-refractivity contribution in [2.75, 3.05) is 0 Å². The van der Waals surface area contributed by atoms with E-state index in [4.69, 9.17) is 11.6 Å². The lowest BCUT2D eigenvalue weighted by molar-refractivity contribution is 0.0960. The second-order valence-corrected chi connectivity index (χ2v) is 5.84. The number of halogens is 2. The number of rotatable bonds is 5. The molecule has 0 atom stereocenters.